The van der Waals surface area contributed by atoms with Crippen LogP contribution in [0.25, 0.3) is 0 Å². The van der Waals surface area contributed by atoms with Gasteiger partial charge in [-0.05, 0) is 68.5 Å². The van der Waals surface area contributed by atoms with Crippen LogP contribution in [0.1, 0.15) is 52.0 Å². The van der Waals surface area contributed by atoms with Crippen molar-refractivity contribution in [3.05, 3.63) is 63.6 Å². The highest BCUT2D eigenvalue weighted by Crippen LogP contribution is 2.26. The van der Waals surface area contributed by atoms with Crippen LogP contribution in [-0.2, 0) is 4.79 Å². The number of halogens is 1. The second-order valence-corrected chi connectivity index (χ2v) is 9.48. The molecule has 32 heavy (non-hydrogen) atoms. The number of anilines is 1. The molecule has 0 bridgehead atoms. The number of likely N-dealkylation sites (tertiary alicyclic amines) is 2. The number of hydrogen-bond donors (Lipinski definition) is 1. The van der Waals surface area contributed by atoms with Crippen molar-refractivity contribution in [1.82, 2.24) is 9.80 Å². The summed E-state index contributed by atoms with van der Waals surface area (Å²) in [6, 6.07) is 12.9. The molecule has 2 saturated heterocycles. The molecule has 2 aromatic carbocycles. The minimum Gasteiger partial charge on any atom is -0.339 e. The highest BCUT2D eigenvalue weighted by Gasteiger charge is 2.29. The topological polar surface area (TPSA) is 69.7 Å². The van der Waals surface area contributed by atoms with Gasteiger partial charge < -0.3 is 15.1 Å². The maximum Gasteiger partial charge on any atom is 0.256 e. The summed E-state index contributed by atoms with van der Waals surface area (Å²) in [5.74, 6) is -0.277. The largest absolute Gasteiger partial charge is 0.339 e. The van der Waals surface area contributed by atoms with Crippen molar-refractivity contribution in [2.24, 2.45) is 5.92 Å². The lowest BCUT2D eigenvalue weighted by Crippen LogP contribution is -2.41. The van der Waals surface area contributed by atoms with E-state index in [0.29, 0.717) is 42.7 Å². The SMILES string of the molecule is Cc1cccc(NC(=O)C2CCN(C(=O)c3ccc(Br)cc3)CC2)c1C(=O)N1CCCC1. The fraction of sp³-hybridized carbons (Fsp3) is 0.400. The lowest BCUT2D eigenvalue weighted by molar-refractivity contribution is -0.121. The first-order valence-corrected chi connectivity index (χ1v) is 12.0. The third-order valence-electron chi connectivity index (χ3n) is 6.38. The van der Waals surface area contributed by atoms with Gasteiger partial charge in [-0.2, -0.15) is 0 Å². The summed E-state index contributed by atoms with van der Waals surface area (Å²) >= 11 is 3.39. The van der Waals surface area contributed by atoms with Gasteiger partial charge in [0.25, 0.3) is 11.8 Å². The Hall–Kier alpha value is -2.67. The number of rotatable bonds is 4. The molecule has 6 nitrogen and oxygen atoms in total. The van der Waals surface area contributed by atoms with Crippen LogP contribution >= 0.6 is 15.9 Å². The smallest absolute Gasteiger partial charge is 0.256 e. The van der Waals surface area contributed by atoms with E-state index in [0.717, 1.165) is 36.0 Å². The summed E-state index contributed by atoms with van der Waals surface area (Å²) in [7, 11) is 0. The molecule has 0 unspecified atom stereocenters. The zero-order valence-corrected chi connectivity index (χ0v) is 19.9. The number of nitrogens with one attached hydrogen (secondary N) is 1. The van der Waals surface area contributed by atoms with Crippen LogP contribution in [0.2, 0.25) is 0 Å². The molecule has 2 aromatic rings. The molecule has 7 heteroatoms. The molecule has 2 aliphatic heterocycles. The first kappa shape index (κ1) is 22.5. The Labute approximate surface area is 197 Å². The fourth-order valence-corrected chi connectivity index (χ4v) is 4.75. The van der Waals surface area contributed by atoms with E-state index in [2.05, 4.69) is 21.2 Å². The Kier molecular flexibility index (Phi) is 6.94. The average molecular weight is 498 g/mol. The minimum absolute atomic E-state index is 0.00598. The molecule has 0 radical (unpaired) electrons. The maximum absolute atomic E-state index is 13.0. The van der Waals surface area contributed by atoms with Crippen molar-refractivity contribution in [2.45, 2.75) is 32.6 Å². The summed E-state index contributed by atoms with van der Waals surface area (Å²) in [4.78, 5) is 42.5. The molecule has 3 amide bonds. The Balaban J connectivity index is 1.39. The van der Waals surface area contributed by atoms with Crippen LogP contribution in [0.5, 0.6) is 0 Å². The van der Waals surface area contributed by atoms with Crippen LogP contribution in [0, 0.1) is 12.8 Å². The van der Waals surface area contributed by atoms with Crippen LogP contribution < -0.4 is 5.32 Å². The quantitative estimate of drug-likeness (QED) is 0.676. The Morgan fingerprint density at radius 2 is 1.50 bits per heavy atom. The summed E-state index contributed by atoms with van der Waals surface area (Å²) in [5, 5.41) is 3.01. The number of amides is 3. The van der Waals surface area contributed by atoms with Crippen molar-refractivity contribution in [3.63, 3.8) is 0 Å². The van der Waals surface area contributed by atoms with Gasteiger partial charge in [-0.1, -0.05) is 28.1 Å². The third-order valence-corrected chi connectivity index (χ3v) is 6.91. The monoisotopic (exact) mass is 497 g/mol. The van der Waals surface area contributed by atoms with Crippen molar-refractivity contribution < 1.29 is 14.4 Å². The molecule has 0 saturated carbocycles. The fourth-order valence-electron chi connectivity index (χ4n) is 4.49. The van der Waals surface area contributed by atoms with E-state index in [1.54, 1.807) is 6.07 Å². The number of benzene rings is 2. The van der Waals surface area contributed by atoms with Crippen molar-refractivity contribution in [3.8, 4) is 0 Å². The number of carbonyl (C=O) groups is 3. The van der Waals surface area contributed by atoms with Crippen LogP contribution in [-0.4, -0.2) is 53.7 Å². The Morgan fingerprint density at radius 1 is 0.875 bits per heavy atom. The number of carbonyl (C=O) groups excluding carboxylic acids is 3. The second kappa shape index (κ2) is 9.86. The molecule has 168 valence electrons. The third kappa shape index (κ3) is 4.88. The van der Waals surface area contributed by atoms with Gasteiger partial charge in [-0.3, -0.25) is 14.4 Å². The standard InChI is InChI=1S/C25H28BrN3O3/c1-17-5-4-6-21(22(17)25(32)28-13-2-3-14-28)27-23(30)18-11-15-29(16-12-18)24(31)19-7-9-20(26)10-8-19/h4-10,18H,2-3,11-16H2,1H3,(H,27,30). The van der Waals surface area contributed by atoms with Gasteiger partial charge in [-0.15, -0.1) is 0 Å². The van der Waals surface area contributed by atoms with Crippen molar-refractivity contribution >= 4 is 39.3 Å². The highest BCUT2D eigenvalue weighted by atomic mass is 79.9. The molecule has 0 spiro atoms. The summed E-state index contributed by atoms with van der Waals surface area (Å²) < 4.78 is 0.933. The van der Waals surface area contributed by atoms with Crippen LogP contribution in [0.15, 0.2) is 46.9 Å². The predicted molar refractivity (Wildman–Crippen MR) is 128 cm³/mol. The van der Waals surface area contributed by atoms with Gasteiger partial charge in [0.1, 0.15) is 0 Å². The lowest BCUT2D eigenvalue weighted by atomic mass is 9.95. The van der Waals surface area contributed by atoms with Crippen molar-refractivity contribution in [2.75, 3.05) is 31.5 Å². The van der Waals surface area contributed by atoms with E-state index < -0.39 is 0 Å². The van der Waals surface area contributed by atoms with E-state index in [9.17, 15) is 14.4 Å². The molecule has 2 aliphatic rings. The Bertz CT molecular complexity index is 1010. The first-order valence-electron chi connectivity index (χ1n) is 11.2. The second-order valence-electron chi connectivity index (χ2n) is 8.56. The number of hydrogen-bond acceptors (Lipinski definition) is 3. The van der Waals surface area contributed by atoms with Gasteiger partial charge in [-0.25, -0.2) is 0 Å². The summed E-state index contributed by atoms with van der Waals surface area (Å²) in [5.41, 5.74) is 2.70. The summed E-state index contributed by atoms with van der Waals surface area (Å²) in [6.45, 7) is 4.53. The summed E-state index contributed by atoms with van der Waals surface area (Å²) in [6.07, 6.45) is 3.26. The molecular formula is C25H28BrN3O3. The van der Waals surface area contributed by atoms with E-state index >= 15 is 0 Å². The molecule has 0 aromatic heterocycles. The molecule has 2 heterocycles. The maximum atomic E-state index is 13.0. The predicted octanol–water partition coefficient (Wildman–Crippen LogP) is 4.48. The molecule has 0 aliphatic carbocycles. The van der Waals surface area contributed by atoms with Gasteiger partial charge in [0.15, 0.2) is 0 Å². The average Bonchev–Trinajstić information content (AvgIpc) is 3.34. The van der Waals surface area contributed by atoms with E-state index in [-0.39, 0.29) is 23.6 Å². The van der Waals surface area contributed by atoms with Gasteiger partial charge in [0.05, 0.1) is 11.3 Å². The highest BCUT2D eigenvalue weighted by molar-refractivity contribution is 9.10. The van der Waals surface area contributed by atoms with Crippen LogP contribution in [0.4, 0.5) is 5.69 Å². The molecule has 4 rings (SSSR count). The zero-order valence-electron chi connectivity index (χ0n) is 18.3. The normalized spacial score (nSPS) is 16.8. The zero-order chi connectivity index (χ0) is 22.7. The first-order chi connectivity index (χ1) is 15.4. The van der Waals surface area contributed by atoms with E-state index in [1.165, 1.54) is 0 Å². The Morgan fingerprint density at radius 3 is 2.16 bits per heavy atom. The van der Waals surface area contributed by atoms with Crippen LogP contribution in [0.3, 0.4) is 0 Å². The number of piperidine rings is 1. The molecular weight excluding hydrogens is 470 g/mol. The van der Waals surface area contributed by atoms with Gasteiger partial charge in [0, 0.05) is 42.1 Å². The van der Waals surface area contributed by atoms with Gasteiger partial charge >= 0.3 is 0 Å². The molecule has 0 atom stereocenters. The molecule has 2 fully saturated rings. The minimum atomic E-state index is -0.181. The number of aryl methyl sites for hydroxylation is 1. The molecule has 1 N–H and O–H groups in total. The number of nitrogens with zero attached hydrogens (tertiary/aromatic N) is 2. The van der Waals surface area contributed by atoms with E-state index in [4.69, 9.17) is 0 Å². The lowest BCUT2D eigenvalue weighted by Gasteiger charge is -2.31. The van der Waals surface area contributed by atoms with Gasteiger partial charge in [0.2, 0.25) is 5.91 Å². The van der Waals surface area contributed by atoms with Crippen molar-refractivity contribution in [1.29, 1.82) is 0 Å². The van der Waals surface area contributed by atoms with E-state index in [1.807, 2.05) is 53.1 Å².